The largest absolute Gasteiger partial charge is 0.369 e. The zero-order valence-corrected chi connectivity index (χ0v) is 10.7. The van der Waals surface area contributed by atoms with Crippen LogP contribution >= 0.6 is 0 Å². The van der Waals surface area contributed by atoms with E-state index in [0.717, 1.165) is 6.42 Å². The van der Waals surface area contributed by atoms with Gasteiger partial charge in [-0.15, -0.1) is 0 Å². The van der Waals surface area contributed by atoms with Crippen molar-refractivity contribution in [1.82, 2.24) is 19.1 Å². The van der Waals surface area contributed by atoms with Crippen molar-refractivity contribution in [3.63, 3.8) is 0 Å². The molecule has 0 spiro atoms. The summed E-state index contributed by atoms with van der Waals surface area (Å²) in [5, 5.41) is 0. The van der Waals surface area contributed by atoms with Crippen molar-refractivity contribution in [1.29, 1.82) is 0 Å². The van der Waals surface area contributed by atoms with Gasteiger partial charge in [-0.2, -0.15) is 4.98 Å². The van der Waals surface area contributed by atoms with E-state index in [9.17, 15) is 9.59 Å². The second-order valence-electron chi connectivity index (χ2n) is 4.28. The average Bonchev–Trinajstić information content (AvgIpc) is 2.71. The SMILES string of the molecule is CCC(C)n1c(=O)n(CC)c(=O)c2[nH]c(N)nc21. The quantitative estimate of drug-likeness (QED) is 0.827. The normalized spacial score (nSPS) is 13.1. The number of hydrogen-bond acceptors (Lipinski definition) is 4. The summed E-state index contributed by atoms with van der Waals surface area (Å²) in [6.07, 6.45) is 0.768. The number of rotatable bonds is 3. The van der Waals surface area contributed by atoms with E-state index < -0.39 is 0 Å². The highest BCUT2D eigenvalue weighted by atomic mass is 16.2. The highest BCUT2D eigenvalue weighted by molar-refractivity contribution is 5.72. The highest BCUT2D eigenvalue weighted by Crippen LogP contribution is 2.14. The molecule has 2 aromatic heterocycles. The number of fused-ring (bicyclic) bond motifs is 1. The van der Waals surface area contributed by atoms with Crippen molar-refractivity contribution >= 4 is 17.1 Å². The predicted molar refractivity (Wildman–Crippen MR) is 69.7 cm³/mol. The second-order valence-corrected chi connectivity index (χ2v) is 4.28. The van der Waals surface area contributed by atoms with Crippen molar-refractivity contribution in [3.05, 3.63) is 20.8 Å². The third-order valence-corrected chi connectivity index (χ3v) is 3.18. The van der Waals surface area contributed by atoms with Gasteiger partial charge in [0, 0.05) is 12.6 Å². The summed E-state index contributed by atoms with van der Waals surface area (Å²) in [5.41, 5.74) is 5.49. The van der Waals surface area contributed by atoms with Gasteiger partial charge in [-0.3, -0.25) is 13.9 Å². The van der Waals surface area contributed by atoms with Crippen molar-refractivity contribution < 1.29 is 0 Å². The second kappa shape index (κ2) is 4.32. The molecule has 0 fully saturated rings. The Morgan fingerprint density at radius 1 is 1.39 bits per heavy atom. The molecule has 0 radical (unpaired) electrons. The summed E-state index contributed by atoms with van der Waals surface area (Å²) >= 11 is 0. The van der Waals surface area contributed by atoms with Gasteiger partial charge in [0.15, 0.2) is 17.1 Å². The summed E-state index contributed by atoms with van der Waals surface area (Å²) < 4.78 is 2.71. The van der Waals surface area contributed by atoms with Crippen LogP contribution in [-0.4, -0.2) is 19.1 Å². The Hall–Kier alpha value is -2.05. The number of nitrogens with two attached hydrogens (primary N) is 1. The van der Waals surface area contributed by atoms with Gasteiger partial charge in [-0.25, -0.2) is 4.79 Å². The lowest BCUT2D eigenvalue weighted by Crippen LogP contribution is -2.40. The number of nitrogen functional groups attached to an aromatic ring is 1. The minimum absolute atomic E-state index is 0.0406. The van der Waals surface area contributed by atoms with Gasteiger partial charge in [-0.05, 0) is 20.3 Å². The molecule has 2 heterocycles. The molecule has 98 valence electrons. The molecule has 1 unspecified atom stereocenters. The molecule has 0 amide bonds. The van der Waals surface area contributed by atoms with E-state index in [0.29, 0.717) is 12.2 Å². The first-order valence-electron chi connectivity index (χ1n) is 6.01. The summed E-state index contributed by atoms with van der Waals surface area (Å²) in [6, 6.07) is -0.0406. The zero-order valence-electron chi connectivity index (χ0n) is 10.7. The van der Waals surface area contributed by atoms with Crippen molar-refractivity contribution in [2.45, 2.75) is 39.8 Å². The van der Waals surface area contributed by atoms with Crippen molar-refractivity contribution in [3.8, 4) is 0 Å². The Labute approximate surface area is 103 Å². The third kappa shape index (κ3) is 1.62. The van der Waals surface area contributed by atoms with E-state index in [1.165, 1.54) is 9.13 Å². The third-order valence-electron chi connectivity index (χ3n) is 3.18. The smallest absolute Gasteiger partial charge is 0.332 e. The fourth-order valence-corrected chi connectivity index (χ4v) is 2.01. The number of H-pyrrole nitrogens is 1. The molecule has 18 heavy (non-hydrogen) atoms. The van der Waals surface area contributed by atoms with Gasteiger partial charge in [0.25, 0.3) is 5.56 Å². The first-order chi connectivity index (χ1) is 8.51. The number of anilines is 1. The molecule has 0 aliphatic rings. The molecule has 2 rings (SSSR count). The van der Waals surface area contributed by atoms with Gasteiger partial charge in [0.1, 0.15) is 0 Å². The Morgan fingerprint density at radius 2 is 2.06 bits per heavy atom. The van der Waals surface area contributed by atoms with Crippen LogP contribution in [0.5, 0.6) is 0 Å². The summed E-state index contributed by atoms with van der Waals surface area (Å²) in [6.45, 7) is 5.97. The molecule has 3 N–H and O–H groups in total. The first-order valence-corrected chi connectivity index (χ1v) is 6.01. The van der Waals surface area contributed by atoms with Crippen LogP contribution in [0.15, 0.2) is 9.59 Å². The van der Waals surface area contributed by atoms with Crippen LogP contribution in [0.25, 0.3) is 11.2 Å². The minimum Gasteiger partial charge on any atom is -0.369 e. The lowest BCUT2D eigenvalue weighted by molar-refractivity contribution is 0.489. The molecule has 0 saturated heterocycles. The molecule has 1 atom stereocenters. The van der Waals surface area contributed by atoms with Crippen LogP contribution in [0.2, 0.25) is 0 Å². The molecule has 0 aliphatic heterocycles. The van der Waals surface area contributed by atoms with E-state index in [-0.39, 0.29) is 28.8 Å². The predicted octanol–water partition coefficient (Wildman–Crippen LogP) is 0.459. The molecule has 7 nitrogen and oxygen atoms in total. The number of hydrogen-bond donors (Lipinski definition) is 2. The number of nitrogens with one attached hydrogen (secondary N) is 1. The summed E-state index contributed by atoms with van der Waals surface area (Å²) in [7, 11) is 0. The van der Waals surface area contributed by atoms with E-state index in [4.69, 9.17) is 5.73 Å². The monoisotopic (exact) mass is 251 g/mol. The minimum atomic E-state index is -0.374. The Balaban J connectivity index is 2.99. The summed E-state index contributed by atoms with van der Waals surface area (Å²) in [5.74, 6) is 0.146. The van der Waals surface area contributed by atoms with Gasteiger partial charge in [0.05, 0.1) is 0 Å². The molecular formula is C11H17N5O2. The van der Waals surface area contributed by atoms with Crippen LogP contribution in [-0.2, 0) is 6.54 Å². The first kappa shape index (κ1) is 12.4. The number of aromatic nitrogens is 4. The van der Waals surface area contributed by atoms with E-state index in [2.05, 4.69) is 9.97 Å². The fraction of sp³-hybridized carbons (Fsp3) is 0.545. The number of nitrogens with zero attached hydrogens (tertiary/aromatic N) is 3. The van der Waals surface area contributed by atoms with E-state index in [1.807, 2.05) is 13.8 Å². The fourth-order valence-electron chi connectivity index (χ4n) is 2.01. The van der Waals surface area contributed by atoms with Crippen molar-refractivity contribution in [2.24, 2.45) is 0 Å². The van der Waals surface area contributed by atoms with E-state index in [1.54, 1.807) is 6.92 Å². The molecule has 0 bridgehead atoms. The maximum absolute atomic E-state index is 12.3. The molecule has 7 heteroatoms. The lowest BCUT2D eigenvalue weighted by Gasteiger charge is -2.15. The molecule has 0 aromatic carbocycles. The van der Waals surface area contributed by atoms with Gasteiger partial charge >= 0.3 is 5.69 Å². The average molecular weight is 251 g/mol. The number of imidazole rings is 1. The van der Waals surface area contributed by atoms with E-state index >= 15 is 0 Å². The van der Waals surface area contributed by atoms with Crippen LogP contribution in [0.3, 0.4) is 0 Å². The Morgan fingerprint density at radius 3 is 2.61 bits per heavy atom. The number of aromatic amines is 1. The topological polar surface area (TPSA) is 98.7 Å². The molecule has 0 saturated carbocycles. The maximum atomic E-state index is 12.3. The lowest BCUT2D eigenvalue weighted by atomic mass is 10.2. The standard InChI is InChI=1S/C11H17N5O2/c1-4-6(3)16-8-7(13-10(12)14-8)9(17)15(5-2)11(16)18/h6H,4-5H2,1-3H3,(H3,12,13,14). The van der Waals surface area contributed by atoms with Crippen LogP contribution in [0, 0.1) is 0 Å². The summed E-state index contributed by atoms with van der Waals surface area (Å²) in [4.78, 5) is 31.1. The van der Waals surface area contributed by atoms with Gasteiger partial charge < -0.3 is 10.7 Å². The molecule has 2 aromatic rings. The van der Waals surface area contributed by atoms with Crippen LogP contribution in [0.1, 0.15) is 33.2 Å². The van der Waals surface area contributed by atoms with Crippen LogP contribution < -0.4 is 17.0 Å². The molecule has 0 aliphatic carbocycles. The maximum Gasteiger partial charge on any atom is 0.332 e. The highest BCUT2D eigenvalue weighted by Gasteiger charge is 2.18. The van der Waals surface area contributed by atoms with Gasteiger partial charge in [0.2, 0.25) is 0 Å². The molecular weight excluding hydrogens is 234 g/mol. The zero-order chi connectivity index (χ0) is 13.4. The van der Waals surface area contributed by atoms with Crippen molar-refractivity contribution in [2.75, 3.05) is 5.73 Å². The van der Waals surface area contributed by atoms with Gasteiger partial charge in [-0.1, -0.05) is 6.92 Å². The van der Waals surface area contributed by atoms with Crippen LogP contribution in [0.4, 0.5) is 5.95 Å². The Kier molecular flexibility index (Phi) is 2.98. The Bertz CT molecular complexity index is 694.